The second kappa shape index (κ2) is 13.5. The van der Waals surface area contributed by atoms with Crippen molar-refractivity contribution in [2.24, 2.45) is 0 Å². The fraction of sp³-hybridized carbons (Fsp3) is 0.414. The molecule has 0 unspecified atom stereocenters. The van der Waals surface area contributed by atoms with Gasteiger partial charge < -0.3 is 18.8 Å². The highest BCUT2D eigenvalue weighted by Gasteiger charge is 2.20. The molecule has 1 heterocycles. The molecular weight excluding hydrogens is 426 g/mol. The number of hydrogen-bond donors (Lipinski definition) is 0. The standard InChI is InChI=1S/C29H37NO4/c1-4-7-9-13-18-30-26-21-24(34-22-23-14-11-10-12-15-23)16-17-25(26)27(33-20-8-5-2)28(29(30)31)32-19-6-3/h6,10-12,14-17,21H,3-5,7-9,13,18-20,22H2,1-2H3. The number of aromatic nitrogens is 1. The molecule has 3 aromatic rings. The van der Waals surface area contributed by atoms with Gasteiger partial charge in [-0.1, -0.05) is 82.5 Å². The predicted octanol–water partition coefficient (Wildman–Crippen LogP) is 6.90. The van der Waals surface area contributed by atoms with Gasteiger partial charge in [-0.05, 0) is 30.5 Å². The van der Waals surface area contributed by atoms with Crippen LogP contribution in [0.1, 0.15) is 57.9 Å². The molecule has 3 rings (SSSR count). The van der Waals surface area contributed by atoms with E-state index in [2.05, 4.69) is 20.4 Å². The molecule has 34 heavy (non-hydrogen) atoms. The molecule has 0 aliphatic carbocycles. The molecule has 2 aromatic carbocycles. The zero-order chi connectivity index (χ0) is 24.2. The number of unbranched alkanes of at least 4 members (excludes halogenated alkanes) is 4. The van der Waals surface area contributed by atoms with E-state index < -0.39 is 0 Å². The van der Waals surface area contributed by atoms with Crippen LogP contribution in [0.3, 0.4) is 0 Å². The van der Waals surface area contributed by atoms with E-state index in [9.17, 15) is 4.79 Å². The maximum absolute atomic E-state index is 13.6. The van der Waals surface area contributed by atoms with Crippen molar-refractivity contribution in [3.05, 3.63) is 77.1 Å². The molecule has 0 atom stereocenters. The van der Waals surface area contributed by atoms with E-state index in [1.54, 1.807) is 6.08 Å². The third-order valence-corrected chi connectivity index (χ3v) is 5.72. The van der Waals surface area contributed by atoms with Crippen LogP contribution in [0.2, 0.25) is 0 Å². The minimum Gasteiger partial charge on any atom is -0.489 e. The molecule has 0 saturated heterocycles. The SMILES string of the molecule is C=CCOc1c(OCCCC)c2ccc(OCc3ccccc3)cc2n(CCCCCC)c1=O. The van der Waals surface area contributed by atoms with Gasteiger partial charge in [-0.2, -0.15) is 0 Å². The number of rotatable bonds is 15. The van der Waals surface area contributed by atoms with E-state index in [1.807, 2.05) is 53.1 Å². The first-order valence-electron chi connectivity index (χ1n) is 12.4. The van der Waals surface area contributed by atoms with Crippen LogP contribution >= 0.6 is 0 Å². The van der Waals surface area contributed by atoms with Crippen molar-refractivity contribution in [3.8, 4) is 17.2 Å². The minimum absolute atomic E-state index is 0.169. The average molecular weight is 464 g/mol. The lowest BCUT2D eigenvalue weighted by Crippen LogP contribution is -2.24. The van der Waals surface area contributed by atoms with Crippen LogP contribution < -0.4 is 19.8 Å². The lowest BCUT2D eigenvalue weighted by Gasteiger charge is -2.19. The van der Waals surface area contributed by atoms with Crippen LogP contribution in [-0.4, -0.2) is 17.8 Å². The van der Waals surface area contributed by atoms with E-state index in [0.717, 1.165) is 60.7 Å². The van der Waals surface area contributed by atoms with Crippen LogP contribution in [0.4, 0.5) is 0 Å². The number of ether oxygens (including phenoxy) is 3. The average Bonchev–Trinajstić information content (AvgIpc) is 2.87. The summed E-state index contributed by atoms with van der Waals surface area (Å²) < 4.78 is 19.9. The monoisotopic (exact) mass is 463 g/mol. The number of pyridine rings is 1. The maximum atomic E-state index is 13.6. The van der Waals surface area contributed by atoms with Crippen molar-refractivity contribution in [1.29, 1.82) is 0 Å². The Bertz CT molecular complexity index is 1100. The number of nitrogens with zero attached hydrogens (tertiary/aromatic N) is 1. The van der Waals surface area contributed by atoms with E-state index in [1.165, 1.54) is 0 Å². The Hall–Kier alpha value is -3.21. The summed E-state index contributed by atoms with van der Waals surface area (Å²) in [5.41, 5.74) is 1.73. The molecule has 0 aliphatic heterocycles. The van der Waals surface area contributed by atoms with Crippen LogP contribution in [0.25, 0.3) is 10.9 Å². The summed E-state index contributed by atoms with van der Waals surface area (Å²) >= 11 is 0. The second-order valence-electron chi connectivity index (χ2n) is 8.43. The van der Waals surface area contributed by atoms with Gasteiger partial charge in [0, 0.05) is 18.0 Å². The summed E-state index contributed by atoms with van der Waals surface area (Å²) in [6.45, 7) is 9.89. The topological polar surface area (TPSA) is 49.7 Å². The molecule has 0 bridgehead atoms. The van der Waals surface area contributed by atoms with Crippen molar-refractivity contribution < 1.29 is 14.2 Å². The fourth-order valence-corrected chi connectivity index (χ4v) is 3.86. The molecule has 5 heteroatoms. The van der Waals surface area contributed by atoms with Gasteiger partial charge in [0.25, 0.3) is 5.56 Å². The molecule has 0 amide bonds. The van der Waals surface area contributed by atoms with Gasteiger partial charge in [0.1, 0.15) is 19.0 Å². The van der Waals surface area contributed by atoms with Gasteiger partial charge in [-0.25, -0.2) is 0 Å². The first-order valence-corrected chi connectivity index (χ1v) is 12.4. The summed E-state index contributed by atoms with van der Waals surface area (Å²) in [5, 5.41) is 0.859. The second-order valence-corrected chi connectivity index (χ2v) is 8.43. The van der Waals surface area contributed by atoms with Gasteiger partial charge in [0.05, 0.1) is 12.1 Å². The number of aryl methyl sites for hydroxylation is 1. The summed E-state index contributed by atoms with van der Waals surface area (Å²) in [4.78, 5) is 13.6. The van der Waals surface area contributed by atoms with Crippen molar-refractivity contribution in [2.45, 2.75) is 65.5 Å². The quantitative estimate of drug-likeness (QED) is 0.182. The Kier molecular flexibility index (Phi) is 10.1. The third kappa shape index (κ3) is 6.66. The Morgan fingerprint density at radius 1 is 0.882 bits per heavy atom. The molecule has 182 valence electrons. The normalized spacial score (nSPS) is 10.9. The molecule has 0 radical (unpaired) electrons. The van der Waals surface area contributed by atoms with E-state index in [0.29, 0.717) is 25.5 Å². The van der Waals surface area contributed by atoms with Crippen molar-refractivity contribution in [2.75, 3.05) is 13.2 Å². The fourth-order valence-electron chi connectivity index (χ4n) is 3.86. The highest BCUT2D eigenvalue weighted by Crippen LogP contribution is 2.35. The molecular formula is C29H37NO4. The highest BCUT2D eigenvalue weighted by molar-refractivity contribution is 5.89. The summed E-state index contributed by atoms with van der Waals surface area (Å²) in [5.74, 6) is 1.49. The summed E-state index contributed by atoms with van der Waals surface area (Å²) in [6, 6.07) is 15.9. The third-order valence-electron chi connectivity index (χ3n) is 5.72. The summed E-state index contributed by atoms with van der Waals surface area (Å²) in [7, 11) is 0. The first-order chi connectivity index (χ1) is 16.7. The molecule has 0 aliphatic rings. The zero-order valence-electron chi connectivity index (χ0n) is 20.6. The lowest BCUT2D eigenvalue weighted by molar-refractivity contribution is 0.278. The van der Waals surface area contributed by atoms with Gasteiger partial charge in [0.2, 0.25) is 5.75 Å². The number of hydrogen-bond acceptors (Lipinski definition) is 4. The molecule has 1 aromatic heterocycles. The van der Waals surface area contributed by atoms with Crippen LogP contribution in [0.15, 0.2) is 66.0 Å². The van der Waals surface area contributed by atoms with E-state index in [-0.39, 0.29) is 17.9 Å². The van der Waals surface area contributed by atoms with Crippen LogP contribution in [-0.2, 0) is 13.2 Å². The number of fused-ring (bicyclic) bond motifs is 1. The Morgan fingerprint density at radius 2 is 1.68 bits per heavy atom. The molecule has 0 spiro atoms. The van der Waals surface area contributed by atoms with Crippen molar-refractivity contribution in [3.63, 3.8) is 0 Å². The molecule has 5 nitrogen and oxygen atoms in total. The van der Waals surface area contributed by atoms with Crippen molar-refractivity contribution >= 4 is 10.9 Å². The Balaban J connectivity index is 2.04. The van der Waals surface area contributed by atoms with Crippen LogP contribution in [0, 0.1) is 0 Å². The molecule has 0 N–H and O–H groups in total. The Morgan fingerprint density at radius 3 is 2.41 bits per heavy atom. The zero-order valence-corrected chi connectivity index (χ0v) is 20.6. The number of benzene rings is 2. The largest absolute Gasteiger partial charge is 0.489 e. The lowest BCUT2D eigenvalue weighted by atomic mass is 10.1. The van der Waals surface area contributed by atoms with Crippen molar-refractivity contribution in [1.82, 2.24) is 4.57 Å². The maximum Gasteiger partial charge on any atom is 0.297 e. The summed E-state index contributed by atoms with van der Waals surface area (Å²) in [6.07, 6.45) is 7.85. The molecule has 0 fully saturated rings. The highest BCUT2D eigenvalue weighted by atomic mass is 16.5. The first kappa shape index (κ1) is 25.4. The van der Waals surface area contributed by atoms with Crippen LogP contribution in [0.5, 0.6) is 17.2 Å². The minimum atomic E-state index is -0.169. The Labute approximate surface area is 203 Å². The van der Waals surface area contributed by atoms with Gasteiger partial charge in [-0.3, -0.25) is 4.79 Å². The predicted molar refractivity (Wildman–Crippen MR) is 139 cm³/mol. The molecule has 0 saturated carbocycles. The van der Waals surface area contributed by atoms with Gasteiger partial charge in [0.15, 0.2) is 5.75 Å². The van der Waals surface area contributed by atoms with E-state index >= 15 is 0 Å². The smallest absolute Gasteiger partial charge is 0.297 e. The van der Waals surface area contributed by atoms with Gasteiger partial charge in [-0.15, -0.1) is 0 Å². The van der Waals surface area contributed by atoms with E-state index in [4.69, 9.17) is 14.2 Å². The van der Waals surface area contributed by atoms with Gasteiger partial charge >= 0.3 is 0 Å².